The topological polar surface area (TPSA) is 38.7 Å². The van der Waals surface area contributed by atoms with Crippen LogP contribution in [0.15, 0.2) is 48.5 Å². The van der Waals surface area contributed by atoms with Gasteiger partial charge in [-0.3, -0.25) is 0 Å². The first kappa shape index (κ1) is 11.3. The molecule has 0 aromatic heterocycles. The molecule has 0 radical (unpaired) electrons. The highest BCUT2D eigenvalue weighted by Gasteiger charge is 1.98. The fraction of sp³-hybridized carbons (Fsp3) is 0.143. The summed E-state index contributed by atoms with van der Waals surface area (Å²) in [6.07, 6.45) is 0. The number of phenols is 1. The van der Waals surface area contributed by atoms with Gasteiger partial charge in [-0.25, -0.2) is 0 Å². The maximum Gasteiger partial charge on any atom is 0.123 e. The molecule has 17 heavy (non-hydrogen) atoms. The minimum Gasteiger partial charge on any atom is -0.508 e. The van der Waals surface area contributed by atoms with Crippen LogP contribution in [-0.2, 0) is 6.61 Å². The molecule has 0 aliphatic heterocycles. The van der Waals surface area contributed by atoms with E-state index in [9.17, 15) is 5.11 Å². The zero-order valence-electron chi connectivity index (χ0n) is 9.59. The second-order valence-electron chi connectivity index (χ2n) is 3.64. The van der Waals surface area contributed by atoms with E-state index >= 15 is 0 Å². The summed E-state index contributed by atoms with van der Waals surface area (Å²) in [6.45, 7) is 0.418. The van der Waals surface area contributed by atoms with Crippen molar-refractivity contribution in [1.82, 2.24) is 0 Å². The second kappa shape index (κ2) is 5.25. The molecule has 88 valence electrons. The van der Waals surface area contributed by atoms with Crippen molar-refractivity contribution in [2.75, 3.05) is 7.11 Å². The van der Waals surface area contributed by atoms with Crippen LogP contribution in [-0.4, -0.2) is 12.2 Å². The molecule has 3 heteroatoms. The van der Waals surface area contributed by atoms with E-state index in [2.05, 4.69) is 0 Å². The Hall–Kier alpha value is -2.16. The summed E-state index contributed by atoms with van der Waals surface area (Å²) in [6, 6.07) is 14.4. The number of ether oxygens (including phenoxy) is 2. The first-order valence-corrected chi connectivity index (χ1v) is 5.33. The fourth-order valence-corrected chi connectivity index (χ4v) is 1.50. The van der Waals surface area contributed by atoms with Crippen molar-refractivity contribution in [3.8, 4) is 17.2 Å². The third-order valence-electron chi connectivity index (χ3n) is 2.36. The van der Waals surface area contributed by atoms with Crippen molar-refractivity contribution >= 4 is 0 Å². The molecule has 2 rings (SSSR count). The Bertz CT molecular complexity index is 494. The van der Waals surface area contributed by atoms with Gasteiger partial charge in [0, 0.05) is 6.07 Å². The van der Waals surface area contributed by atoms with Crippen molar-refractivity contribution in [2.24, 2.45) is 0 Å². The minimum atomic E-state index is 0.247. The number of aromatic hydroxyl groups is 1. The van der Waals surface area contributed by atoms with Crippen LogP contribution in [0.2, 0.25) is 0 Å². The number of methoxy groups -OCH3 is 1. The van der Waals surface area contributed by atoms with Gasteiger partial charge < -0.3 is 14.6 Å². The van der Waals surface area contributed by atoms with Crippen LogP contribution >= 0.6 is 0 Å². The zero-order chi connectivity index (χ0) is 12.1. The number of benzene rings is 2. The Kier molecular flexibility index (Phi) is 3.50. The summed E-state index contributed by atoms with van der Waals surface area (Å²) in [7, 11) is 1.62. The Morgan fingerprint density at radius 1 is 1.00 bits per heavy atom. The molecule has 3 nitrogen and oxygen atoms in total. The van der Waals surface area contributed by atoms with Gasteiger partial charge in [-0.15, -0.1) is 0 Å². The van der Waals surface area contributed by atoms with Crippen LogP contribution in [0.5, 0.6) is 17.2 Å². The summed E-state index contributed by atoms with van der Waals surface area (Å²) in [5, 5.41) is 9.32. The first-order valence-electron chi connectivity index (χ1n) is 5.33. The van der Waals surface area contributed by atoms with Gasteiger partial charge in [0.05, 0.1) is 7.11 Å². The average Bonchev–Trinajstić information content (AvgIpc) is 2.37. The van der Waals surface area contributed by atoms with E-state index in [1.54, 1.807) is 25.3 Å². The third-order valence-corrected chi connectivity index (χ3v) is 2.36. The molecule has 0 heterocycles. The van der Waals surface area contributed by atoms with Crippen LogP contribution in [0.25, 0.3) is 0 Å². The van der Waals surface area contributed by atoms with E-state index in [0.717, 1.165) is 17.1 Å². The van der Waals surface area contributed by atoms with Crippen LogP contribution in [0, 0.1) is 0 Å². The van der Waals surface area contributed by atoms with Gasteiger partial charge in [0.15, 0.2) is 0 Å². The zero-order valence-corrected chi connectivity index (χ0v) is 9.59. The lowest BCUT2D eigenvalue weighted by molar-refractivity contribution is 0.303. The summed E-state index contributed by atoms with van der Waals surface area (Å²) in [4.78, 5) is 0. The maximum atomic E-state index is 9.32. The summed E-state index contributed by atoms with van der Waals surface area (Å²) in [5.74, 6) is 1.75. The monoisotopic (exact) mass is 230 g/mol. The van der Waals surface area contributed by atoms with Crippen molar-refractivity contribution in [2.45, 2.75) is 6.61 Å². The Labute approximate surface area is 100 Å². The molecule has 0 aliphatic rings. The minimum absolute atomic E-state index is 0.247. The molecule has 1 N–H and O–H groups in total. The highest BCUT2D eigenvalue weighted by molar-refractivity contribution is 5.33. The molecule has 0 amide bonds. The average molecular weight is 230 g/mol. The lowest BCUT2D eigenvalue weighted by Crippen LogP contribution is -1.95. The van der Waals surface area contributed by atoms with Crippen LogP contribution in [0.1, 0.15) is 5.56 Å². The van der Waals surface area contributed by atoms with E-state index in [0.29, 0.717) is 6.61 Å². The Balaban J connectivity index is 2.02. The summed E-state index contributed by atoms with van der Waals surface area (Å²) < 4.78 is 10.7. The molecular formula is C14H14O3. The quantitative estimate of drug-likeness (QED) is 0.877. The van der Waals surface area contributed by atoms with Gasteiger partial charge in [-0.05, 0) is 29.8 Å². The molecule has 0 atom stereocenters. The molecule has 2 aromatic rings. The van der Waals surface area contributed by atoms with Crippen molar-refractivity contribution in [1.29, 1.82) is 0 Å². The first-order chi connectivity index (χ1) is 8.28. The third kappa shape index (κ3) is 3.14. The lowest BCUT2D eigenvalue weighted by atomic mass is 10.2. The lowest BCUT2D eigenvalue weighted by Gasteiger charge is -2.07. The molecule has 0 spiro atoms. The predicted octanol–water partition coefficient (Wildman–Crippen LogP) is 2.98. The largest absolute Gasteiger partial charge is 0.508 e. The SMILES string of the molecule is COc1cccc(OCc2cccc(O)c2)c1. The van der Waals surface area contributed by atoms with E-state index < -0.39 is 0 Å². The Morgan fingerprint density at radius 2 is 1.76 bits per heavy atom. The van der Waals surface area contributed by atoms with Crippen molar-refractivity contribution in [3.63, 3.8) is 0 Å². The molecule has 0 bridgehead atoms. The van der Waals surface area contributed by atoms with E-state index in [1.807, 2.05) is 30.3 Å². The number of hydrogen-bond acceptors (Lipinski definition) is 3. The molecule has 0 unspecified atom stereocenters. The molecule has 0 fully saturated rings. The van der Waals surface area contributed by atoms with Crippen molar-refractivity contribution < 1.29 is 14.6 Å². The number of hydrogen-bond donors (Lipinski definition) is 1. The van der Waals surface area contributed by atoms with Crippen LogP contribution in [0.3, 0.4) is 0 Å². The summed E-state index contributed by atoms with van der Waals surface area (Å²) >= 11 is 0. The molecule has 2 aromatic carbocycles. The standard InChI is InChI=1S/C14H14O3/c1-16-13-6-3-7-14(9-13)17-10-11-4-2-5-12(15)8-11/h2-9,15H,10H2,1H3. The van der Waals surface area contributed by atoms with Gasteiger partial charge in [0.25, 0.3) is 0 Å². The Morgan fingerprint density at radius 3 is 2.53 bits per heavy atom. The normalized spacial score (nSPS) is 9.94. The number of rotatable bonds is 4. The van der Waals surface area contributed by atoms with Gasteiger partial charge in [-0.2, -0.15) is 0 Å². The molecule has 0 saturated heterocycles. The van der Waals surface area contributed by atoms with Gasteiger partial charge >= 0.3 is 0 Å². The van der Waals surface area contributed by atoms with E-state index in [-0.39, 0.29) is 5.75 Å². The van der Waals surface area contributed by atoms with Crippen molar-refractivity contribution in [3.05, 3.63) is 54.1 Å². The van der Waals surface area contributed by atoms with Gasteiger partial charge in [-0.1, -0.05) is 18.2 Å². The summed E-state index contributed by atoms with van der Waals surface area (Å²) in [5.41, 5.74) is 0.924. The number of phenolic OH excluding ortho intramolecular Hbond substituents is 1. The fourth-order valence-electron chi connectivity index (χ4n) is 1.50. The predicted molar refractivity (Wildman–Crippen MR) is 65.4 cm³/mol. The molecule has 0 saturated carbocycles. The molecule has 0 aliphatic carbocycles. The van der Waals surface area contributed by atoms with Crippen LogP contribution in [0.4, 0.5) is 0 Å². The molecular weight excluding hydrogens is 216 g/mol. The second-order valence-corrected chi connectivity index (χ2v) is 3.64. The van der Waals surface area contributed by atoms with E-state index in [1.165, 1.54) is 0 Å². The maximum absolute atomic E-state index is 9.32. The van der Waals surface area contributed by atoms with Crippen LogP contribution < -0.4 is 9.47 Å². The van der Waals surface area contributed by atoms with Gasteiger partial charge in [0.2, 0.25) is 0 Å². The highest BCUT2D eigenvalue weighted by Crippen LogP contribution is 2.20. The smallest absolute Gasteiger partial charge is 0.123 e. The highest BCUT2D eigenvalue weighted by atomic mass is 16.5. The van der Waals surface area contributed by atoms with Gasteiger partial charge in [0.1, 0.15) is 23.9 Å². The van der Waals surface area contributed by atoms with E-state index in [4.69, 9.17) is 9.47 Å².